The number of phenolic OH excluding ortho intramolecular Hbond substituents is 1. The molecule has 2 aromatic rings. The second-order valence-electron chi connectivity index (χ2n) is 12.4. The topological polar surface area (TPSA) is 172 Å². The molecule has 12 nitrogen and oxygen atoms in total. The number of hydrogen-bond donors (Lipinski definition) is 4. The summed E-state index contributed by atoms with van der Waals surface area (Å²) in [6.07, 6.45) is -1.72. The molecule has 44 heavy (non-hydrogen) atoms. The van der Waals surface area contributed by atoms with Crippen LogP contribution in [0.25, 0.3) is 0 Å². The van der Waals surface area contributed by atoms with E-state index in [1.807, 2.05) is 13.8 Å². The summed E-state index contributed by atoms with van der Waals surface area (Å²) in [7, 11) is -4.03. The molecular weight excluding hydrogens is 632 g/mol. The average Bonchev–Trinajstić information content (AvgIpc) is 3.29. The van der Waals surface area contributed by atoms with Gasteiger partial charge in [0.1, 0.15) is 33.2 Å². The number of carbonyl (C=O) groups is 4. The summed E-state index contributed by atoms with van der Waals surface area (Å²) in [4.78, 5) is 52.3. The zero-order valence-corrected chi connectivity index (χ0v) is 28.4. The van der Waals surface area contributed by atoms with Crippen LogP contribution in [-0.4, -0.2) is 56.6 Å². The molecule has 0 aliphatic heterocycles. The first-order valence-corrected chi connectivity index (χ1v) is 16.6. The van der Waals surface area contributed by atoms with E-state index in [1.54, 1.807) is 53.7 Å². The molecule has 1 aromatic heterocycles. The highest BCUT2D eigenvalue weighted by molar-refractivity contribution is 7.94. The molecule has 0 saturated heterocycles. The van der Waals surface area contributed by atoms with Gasteiger partial charge in [0, 0.05) is 11.8 Å². The number of phenols is 1. The Morgan fingerprint density at radius 2 is 1.48 bits per heavy atom. The van der Waals surface area contributed by atoms with Crippen molar-refractivity contribution < 1.29 is 38.0 Å². The molecule has 1 heterocycles. The van der Waals surface area contributed by atoms with Gasteiger partial charge in [0.25, 0.3) is 11.8 Å². The van der Waals surface area contributed by atoms with Gasteiger partial charge in [0.15, 0.2) is 9.92 Å². The van der Waals surface area contributed by atoms with E-state index in [-0.39, 0.29) is 33.7 Å². The summed E-state index contributed by atoms with van der Waals surface area (Å²) in [5, 5.41) is 16.3. The summed E-state index contributed by atoms with van der Waals surface area (Å²) >= 11 is 7.00. The minimum absolute atomic E-state index is 0.000650. The fraction of sp³-hybridized carbons (Fsp3) is 0.517. The minimum atomic E-state index is -4.03. The standard InChI is InChI=1S/C29H41ClN4O8S2/c1-17(2)13-21(31-26(38)41-28(3,4)5)24(36)33-44(40,23-15-19(30)16-43-23)34-25(37)22(32-27(39)42-29(6,7)8)14-18-9-11-20(35)12-10-18/h9-12,15-17,21-22,35H,13-14H2,1-8H3,(H,31,38)(H,32,39)(H,33,34,36,37,40)/t21-,22-,44?/m0/s1. The molecule has 0 fully saturated rings. The van der Waals surface area contributed by atoms with Crippen molar-refractivity contribution in [2.75, 3.05) is 0 Å². The summed E-state index contributed by atoms with van der Waals surface area (Å²) in [5.41, 5.74) is -1.16. The van der Waals surface area contributed by atoms with Gasteiger partial charge in [-0.25, -0.2) is 13.8 Å². The number of aromatic hydroxyl groups is 1. The second-order valence-corrected chi connectivity index (χ2v) is 15.9. The Bertz CT molecular complexity index is 1450. The van der Waals surface area contributed by atoms with E-state index in [4.69, 9.17) is 21.1 Å². The Kier molecular flexibility index (Phi) is 12.6. The van der Waals surface area contributed by atoms with Crippen molar-refractivity contribution >= 4 is 56.9 Å². The summed E-state index contributed by atoms with van der Waals surface area (Å²) in [6.45, 7) is 13.6. The van der Waals surface area contributed by atoms with Crippen molar-refractivity contribution in [3.8, 4) is 5.75 Å². The Balaban J connectivity index is 2.51. The van der Waals surface area contributed by atoms with Gasteiger partial charge in [0.05, 0.1) is 5.02 Å². The molecule has 1 unspecified atom stereocenters. The molecule has 244 valence electrons. The molecule has 1 aromatic carbocycles. The number of alkyl carbamates (subject to hydrolysis) is 2. The number of amides is 4. The zero-order valence-electron chi connectivity index (χ0n) is 26.1. The van der Waals surface area contributed by atoms with Crippen molar-refractivity contribution in [3.05, 3.63) is 46.3 Å². The SMILES string of the molecule is CC(C)C[C@H](NC(=O)OC(C)(C)C)C(=O)N=S(=O)(NC(=O)[C@H](Cc1ccc(O)cc1)NC(=O)OC(C)(C)C)c1cc(Cl)cs1. The van der Waals surface area contributed by atoms with Crippen LogP contribution < -0.4 is 15.4 Å². The Morgan fingerprint density at radius 1 is 0.955 bits per heavy atom. The van der Waals surface area contributed by atoms with Crippen LogP contribution in [0.3, 0.4) is 0 Å². The van der Waals surface area contributed by atoms with E-state index in [2.05, 4.69) is 19.7 Å². The fourth-order valence-electron chi connectivity index (χ4n) is 3.63. The molecule has 15 heteroatoms. The number of thiophene rings is 1. The van der Waals surface area contributed by atoms with Crippen molar-refractivity contribution in [1.29, 1.82) is 0 Å². The molecule has 0 aliphatic rings. The Morgan fingerprint density at radius 3 is 1.93 bits per heavy atom. The predicted octanol–water partition coefficient (Wildman–Crippen LogP) is 5.57. The maximum atomic E-state index is 14.4. The quantitative estimate of drug-likeness (QED) is 0.254. The predicted molar refractivity (Wildman–Crippen MR) is 169 cm³/mol. The Hall–Kier alpha value is -3.36. The highest BCUT2D eigenvalue weighted by atomic mass is 35.5. The fourth-order valence-corrected chi connectivity index (χ4v) is 6.71. The van der Waals surface area contributed by atoms with E-state index in [0.29, 0.717) is 5.56 Å². The van der Waals surface area contributed by atoms with Crippen molar-refractivity contribution in [2.45, 2.75) is 95.7 Å². The number of nitrogens with one attached hydrogen (secondary N) is 3. The van der Waals surface area contributed by atoms with E-state index in [1.165, 1.54) is 23.6 Å². The van der Waals surface area contributed by atoms with Crippen molar-refractivity contribution in [1.82, 2.24) is 15.4 Å². The van der Waals surface area contributed by atoms with Crippen LogP contribution in [0.4, 0.5) is 9.59 Å². The van der Waals surface area contributed by atoms with Gasteiger partial charge < -0.3 is 25.2 Å². The lowest BCUT2D eigenvalue weighted by Crippen LogP contribution is -2.51. The van der Waals surface area contributed by atoms with Crippen LogP contribution in [0, 0.1) is 5.92 Å². The van der Waals surface area contributed by atoms with Gasteiger partial charge >= 0.3 is 12.2 Å². The molecule has 0 saturated carbocycles. The van der Waals surface area contributed by atoms with Crippen LogP contribution in [0.1, 0.15) is 67.4 Å². The van der Waals surface area contributed by atoms with Gasteiger partial charge in [-0.2, -0.15) is 0 Å². The van der Waals surface area contributed by atoms with Crippen LogP contribution >= 0.6 is 22.9 Å². The van der Waals surface area contributed by atoms with E-state index < -0.39 is 57.2 Å². The monoisotopic (exact) mass is 672 g/mol. The lowest BCUT2D eigenvalue weighted by molar-refractivity contribution is -0.121. The number of carbonyl (C=O) groups excluding carboxylic acids is 4. The average molecular weight is 673 g/mol. The lowest BCUT2D eigenvalue weighted by atomic mass is 10.0. The third kappa shape index (κ3) is 12.7. The number of ether oxygens (including phenoxy) is 2. The van der Waals surface area contributed by atoms with E-state index in [9.17, 15) is 28.5 Å². The largest absolute Gasteiger partial charge is 0.508 e. The highest BCUT2D eigenvalue weighted by Crippen LogP contribution is 2.26. The number of halogens is 1. The highest BCUT2D eigenvalue weighted by Gasteiger charge is 2.31. The molecular formula is C29H41ClN4O8S2. The van der Waals surface area contributed by atoms with Gasteiger partial charge in [-0.3, -0.25) is 14.3 Å². The normalized spacial score (nSPS) is 14.5. The Labute approximate surface area is 267 Å². The maximum absolute atomic E-state index is 14.4. The first-order chi connectivity index (χ1) is 20.2. The summed E-state index contributed by atoms with van der Waals surface area (Å²) < 4.78 is 31.2. The molecule has 4 N–H and O–H groups in total. The maximum Gasteiger partial charge on any atom is 0.408 e. The van der Waals surface area contributed by atoms with Crippen LogP contribution in [0.5, 0.6) is 5.75 Å². The number of rotatable bonds is 10. The van der Waals surface area contributed by atoms with Gasteiger partial charge in [0.2, 0.25) is 0 Å². The molecule has 0 radical (unpaired) electrons. The van der Waals surface area contributed by atoms with Crippen LogP contribution in [0.2, 0.25) is 5.02 Å². The second kappa shape index (κ2) is 15.1. The molecule has 4 amide bonds. The molecule has 2 rings (SSSR count). The summed E-state index contributed by atoms with van der Waals surface area (Å²) in [6, 6.07) is 4.68. The first kappa shape index (κ1) is 36.8. The van der Waals surface area contributed by atoms with E-state index >= 15 is 0 Å². The summed E-state index contributed by atoms with van der Waals surface area (Å²) in [5.74, 6) is -1.98. The lowest BCUT2D eigenvalue weighted by Gasteiger charge is -2.24. The number of hydrogen-bond acceptors (Lipinski definition) is 9. The third-order valence-corrected chi connectivity index (χ3v) is 8.97. The van der Waals surface area contributed by atoms with Crippen molar-refractivity contribution in [2.24, 2.45) is 10.3 Å². The smallest absolute Gasteiger partial charge is 0.408 e. The molecule has 0 bridgehead atoms. The zero-order chi connectivity index (χ0) is 33.5. The molecule has 0 aliphatic carbocycles. The molecule has 0 spiro atoms. The first-order valence-electron chi connectivity index (χ1n) is 13.8. The van der Waals surface area contributed by atoms with Crippen LogP contribution in [0.15, 0.2) is 44.3 Å². The number of nitrogens with zero attached hydrogens (tertiary/aromatic N) is 1. The van der Waals surface area contributed by atoms with Crippen molar-refractivity contribution in [3.63, 3.8) is 0 Å². The van der Waals surface area contributed by atoms with Crippen LogP contribution in [-0.2, 0) is 35.4 Å². The van der Waals surface area contributed by atoms with Gasteiger partial charge in [-0.05, 0) is 77.6 Å². The number of benzene rings is 1. The van der Waals surface area contributed by atoms with E-state index in [0.717, 1.165) is 11.3 Å². The molecule has 3 atom stereocenters. The minimum Gasteiger partial charge on any atom is -0.508 e. The van der Waals surface area contributed by atoms with Gasteiger partial charge in [-0.1, -0.05) is 37.6 Å². The third-order valence-electron chi connectivity index (χ3n) is 5.35. The van der Waals surface area contributed by atoms with Gasteiger partial charge in [-0.15, -0.1) is 15.7 Å².